The van der Waals surface area contributed by atoms with E-state index in [-0.39, 0.29) is 0 Å². The summed E-state index contributed by atoms with van der Waals surface area (Å²) < 4.78 is 6.08. The first-order valence-electron chi connectivity index (χ1n) is 16.6. The van der Waals surface area contributed by atoms with Gasteiger partial charge in [0.05, 0.1) is 11.4 Å². The Labute approximate surface area is 285 Å². The fraction of sp³-hybridized carbons (Fsp3) is 0. The second-order valence-electron chi connectivity index (χ2n) is 12.4. The van der Waals surface area contributed by atoms with Crippen molar-refractivity contribution in [3.05, 3.63) is 188 Å². The fourth-order valence-corrected chi connectivity index (χ4v) is 6.79. The molecule has 0 bridgehead atoms. The van der Waals surface area contributed by atoms with Crippen LogP contribution in [-0.2, 0) is 0 Å². The molecule has 9 rings (SSSR count). The number of fused-ring (bicyclic) bond motifs is 3. The third-order valence-electron chi connectivity index (χ3n) is 9.31. The van der Waals surface area contributed by atoms with Gasteiger partial charge in [0.15, 0.2) is 0 Å². The summed E-state index contributed by atoms with van der Waals surface area (Å²) in [6, 6.07) is 66.4. The highest BCUT2D eigenvalue weighted by Crippen LogP contribution is 2.39. The van der Waals surface area contributed by atoms with E-state index in [9.17, 15) is 0 Å². The van der Waals surface area contributed by atoms with Crippen LogP contribution < -0.4 is 0 Å². The molecule has 7 aromatic carbocycles. The lowest BCUT2D eigenvalue weighted by atomic mass is 9.90. The Morgan fingerprint density at radius 3 is 1.53 bits per heavy atom. The lowest BCUT2D eigenvalue weighted by molar-refractivity contribution is 0.669. The molecule has 0 aliphatic heterocycles. The van der Waals surface area contributed by atoms with Crippen molar-refractivity contribution in [2.45, 2.75) is 0 Å². The standard InChI is InChI=1S/C47H31NO/c1-4-12-32(13-5-1)39-30-44(36-16-8-3-9-17-36)48-45(31-39)38-24-26-40(34-14-6-2-7-15-34)42(29-38)35-22-20-33(21-23-35)37-25-27-47-43(28-37)41-18-10-11-19-46(41)49-47/h1-31H. The SMILES string of the molecule is c1ccc(-c2cc(-c3ccccc3)nc(-c3ccc(-c4ccccc4)c(-c4ccc(-c5ccc6oc7ccccc7c6c5)cc4)c3)c2)cc1. The molecule has 49 heavy (non-hydrogen) atoms. The summed E-state index contributed by atoms with van der Waals surface area (Å²) in [5, 5.41) is 2.27. The number of hydrogen-bond acceptors (Lipinski definition) is 2. The van der Waals surface area contributed by atoms with Crippen LogP contribution in [0.4, 0.5) is 0 Å². The molecule has 9 aromatic rings. The van der Waals surface area contributed by atoms with Gasteiger partial charge in [0.2, 0.25) is 0 Å². The zero-order chi connectivity index (χ0) is 32.6. The lowest BCUT2D eigenvalue weighted by Crippen LogP contribution is -1.93. The summed E-state index contributed by atoms with van der Waals surface area (Å²) in [5.74, 6) is 0. The first-order valence-corrected chi connectivity index (χ1v) is 16.6. The number of aromatic nitrogens is 1. The van der Waals surface area contributed by atoms with Gasteiger partial charge in [0.25, 0.3) is 0 Å². The number of pyridine rings is 1. The highest BCUT2D eigenvalue weighted by atomic mass is 16.3. The third-order valence-corrected chi connectivity index (χ3v) is 9.31. The number of furan rings is 1. The van der Waals surface area contributed by atoms with Crippen molar-refractivity contribution in [2.24, 2.45) is 0 Å². The van der Waals surface area contributed by atoms with Crippen molar-refractivity contribution in [2.75, 3.05) is 0 Å². The number of rotatable bonds is 6. The van der Waals surface area contributed by atoms with Crippen molar-refractivity contribution in [3.8, 4) is 67.0 Å². The van der Waals surface area contributed by atoms with Crippen molar-refractivity contribution in [3.63, 3.8) is 0 Å². The number of hydrogen-bond donors (Lipinski definition) is 0. The molecule has 0 aliphatic carbocycles. The van der Waals surface area contributed by atoms with Crippen LogP contribution in [-0.4, -0.2) is 4.98 Å². The minimum Gasteiger partial charge on any atom is -0.456 e. The van der Waals surface area contributed by atoms with Crippen molar-refractivity contribution in [1.29, 1.82) is 0 Å². The summed E-state index contributed by atoms with van der Waals surface area (Å²) in [6.45, 7) is 0. The van der Waals surface area contributed by atoms with Gasteiger partial charge in [0.1, 0.15) is 11.2 Å². The van der Waals surface area contributed by atoms with Gasteiger partial charge in [-0.3, -0.25) is 0 Å². The van der Waals surface area contributed by atoms with Gasteiger partial charge in [-0.25, -0.2) is 4.98 Å². The minimum absolute atomic E-state index is 0.909. The number of nitrogens with zero attached hydrogens (tertiary/aromatic N) is 1. The van der Waals surface area contributed by atoms with Gasteiger partial charge in [0, 0.05) is 21.9 Å². The largest absolute Gasteiger partial charge is 0.456 e. The maximum Gasteiger partial charge on any atom is 0.135 e. The molecule has 0 aliphatic rings. The predicted molar refractivity (Wildman–Crippen MR) is 204 cm³/mol. The molecule has 230 valence electrons. The molecular formula is C47H31NO. The molecule has 2 heterocycles. The molecule has 0 radical (unpaired) electrons. The summed E-state index contributed by atoms with van der Waals surface area (Å²) in [5.41, 5.74) is 15.2. The van der Waals surface area contributed by atoms with Crippen LogP contribution >= 0.6 is 0 Å². The summed E-state index contributed by atoms with van der Waals surface area (Å²) >= 11 is 0. The second kappa shape index (κ2) is 12.3. The first kappa shape index (κ1) is 28.7. The molecule has 0 N–H and O–H groups in total. The number of para-hydroxylation sites is 1. The normalized spacial score (nSPS) is 11.3. The molecule has 2 aromatic heterocycles. The van der Waals surface area contributed by atoms with E-state index in [0.717, 1.165) is 66.7 Å². The van der Waals surface area contributed by atoms with Crippen LogP contribution in [0, 0.1) is 0 Å². The average Bonchev–Trinajstić information content (AvgIpc) is 3.57. The highest BCUT2D eigenvalue weighted by molar-refractivity contribution is 6.06. The van der Waals surface area contributed by atoms with Gasteiger partial charge in [-0.2, -0.15) is 0 Å². The van der Waals surface area contributed by atoms with Crippen LogP contribution in [0.5, 0.6) is 0 Å². The van der Waals surface area contributed by atoms with Crippen molar-refractivity contribution >= 4 is 21.9 Å². The van der Waals surface area contributed by atoms with Crippen LogP contribution in [0.3, 0.4) is 0 Å². The molecule has 2 heteroatoms. The molecule has 0 unspecified atom stereocenters. The maximum atomic E-state index is 6.08. The Hall–Kier alpha value is -6.51. The summed E-state index contributed by atoms with van der Waals surface area (Å²) in [7, 11) is 0. The maximum absolute atomic E-state index is 6.08. The molecule has 0 spiro atoms. The van der Waals surface area contributed by atoms with E-state index in [2.05, 4.69) is 170 Å². The van der Waals surface area contributed by atoms with Crippen LogP contribution in [0.1, 0.15) is 0 Å². The Morgan fingerprint density at radius 2 is 0.796 bits per heavy atom. The number of benzene rings is 7. The van der Waals surface area contributed by atoms with Crippen LogP contribution in [0.25, 0.3) is 89.0 Å². The average molecular weight is 626 g/mol. The third kappa shape index (κ3) is 5.50. The summed E-state index contributed by atoms with van der Waals surface area (Å²) in [4.78, 5) is 5.22. The smallest absolute Gasteiger partial charge is 0.135 e. The van der Waals surface area contributed by atoms with Crippen LogP contribution in [0.2, 0.25) is 0 Å². The molecule has 0 fully saturated rings. The van der Waals surface area contributed by atoms with Crippen LogP contribution in [0.15, 0.2) is 192 Å². The van der Waals surface area contributed by atoms with E-state index in [1.807, 2.05) is 18.2 Å². The van der Waals surface area contributed by atoms with Gasteiger partial charge in [-0.15, -0.1) is 0 Å². The monoisotopic (exact) mass is 625 g/mol. The first-order chi connectivity index (χ1) is 24.3. The highest BCUT2D eigenvalue weighted by Gasteiger charge is 2.14. The van der Waals surface area contributed by atoms with E-state index in [1.165, 1.54) is 22.3 Å². The molecule has 0 amide bonds. The van der Waals surface area contributed by atoms with E-state index >= 15 is 0 Å². The second-order valence-corrected chi connectivity index (χ2v) is 12.4. The van der Waals surface area contributed by atoms with Crippen molar-refractivity contribution < 1.29 is 4.42 Å². The van der Waals surface area contributed by atoms with E-state index in [4.69, 9.17) is 9.40 Å². The Morgan fingerprint density at radius 1 is 0.286 bits per heavy atom. The molecular weight excluding hydrogens is 595 g/mol. The molecule has 0 saturated carbocycles. The Bertz CT molecular complexity index is 2510. The van der Waals surface area contributed by atoms with Gasteiger partial charge < -0.3 is 4.42 Å². The quantitative estimate of drug-likeness (QED) is 0.184. The summed E-state index contributed by atoms with van der Waals surface area (Å²) in [6.07, 6.45) is 0. The fourth-order valence-electron chi connectivity index (χ4n) is 6.79. The van der Waals surface area contributed by atoms with Crippen molar-refractivity contribution in [1.82, 2.24) is 4.98 Å². The van der Waals surface area contributed by atoms with Gasteiger partial charge in [-0.1, -0.05) is 152 Å². The zero-order valence-corrected chi connectivity index (χ0v) is 26.8. The molecule has 2 nitrogen and oxygen atoms in total. The predicted octanol–water partition coefficient (Wildman–Crippen LogP) is 13.0. The van der Waals surface area contributed by atoms with E-state index in [1.54, 1.807) is 0 Å². The minimum atomic E-state index is 0.909. The molecule has 0 saturated heterocycles. The van der Waals surface area contributed by atoms with Gasteiger partial charge >= 0.3 is 0 Å². The Kier molecular flexibility index (Phi) is 7.18. The Balaban J connectivity index is 1.16. The van der Waals surface area contributed by atoms with Gasteiger partial charge in [-0.05, 0) is 80.9 Å². The zero-order valence-electron chi connectivity index (χ0n) is 26.8. The lowest BCUT2D eigenvalue weighted by Gasteiger charge is -2.15. The van der Waals surface area contributed by atoms with E-state index in [0.29, 0.717) is 0 Å². The van der Waals surface area contributed by atoms with E-state index < -0.39 is 0 Å². The molecule has 0 atom stereocenters. The topological polar surface area (TPSA) is 26.0 Å².